The molecule has 0 saturated heterocycles. The number of halogens is 3. The number of esters is 2. The molecule has 2 aromatic rings. The van der Waals surface area contributed by atoms with E-state index in [1.54, 1.807) is 0 Å². The van der Waals surface area contributed by atoms with Gasteiger partial charge in [0.1, 0.15) is 9.88 Å². The average molecular weight is 433 g/mol. The molecule has 0 fully saturated rings. The minimum absolute atomic E-state index is 0.0147. The highest BCUT2D eigenvalue weighted by Gasteiger charge is 2.34. The Morgan fingerprint density at radius 1 is 1.17 bits per heavy atom. The zero-order valence-corrected chi connectivity index (χ0v) is 16.8. The molecule has 8 nitrogen and oxygen atoms in total. The smallest absolute Gasteiger partial charge is 0.435 e. The van der Waals surface area contributed by atoms with Crippen LogP contribution in [0.4, 0.5) is 18.2 Å². The van der Waals surface area contributed by atoms with Crippen LogP contribution in [0.1, 0.15) is 43.4 Å². The number of thiophene rings is 1. The van der Waals surface area contributed by atoms with E-state index in [4.69, 9.17) is 0 Å². The van der Waals surface area contributed by atoms with E-state index in [2.05, 4.69) is 19.9 Å². The van der Waals surface area contributed by atoms with Gasteiger partial charge in [-0.25, -0.2) is 9.59 Å². The third-order valence-corrected chi connectivity index (χ3v) is 5.17. The Labute approximate surface area is 167 Å². The van der Waals surface area contributed by atoms with Crippen molar-refractivity contribution < 1.29 is 37.0 Å². The lowest BCUT2D eigenvalue weighted by Gasteiger charge is -2.07. The van der Waals surface area contributed by atoms with Crippen LogP contribution in [0.2, 0.25) is 0 Å². The second-order valence-corrected chi connectivity index (χ2v) is 6.95. The van der Waals surface area contributed by atoms with Crippen LogP contribution < -0.4 is 5.32 Å². The van der Waals surface area contributed by atoms with E-state index in [0.717, 1.165) is 29.2 Å². The molecule has 0 aliphatic heterocycles. The van der Waals surface area contributed by atoms with E-state index in [0.29, 0.717) is 5.56 Å². The Balaban J connectivity index is 2.18. The molecule has 2 rings (SSSR count). The number of ether oxygens (including phenoxy) is 2. The van der Waals surface area contributed by atoms with Crippen LogP contribution in [0.3, 0.4) is 0 Å². The summed E-state index contributed by atoms with van der Waals surface area (Å²) in [6.07, 6.45) is -4.78. The summed E-state index contributed by atoms with van der Waals surface area (Å²) in [6, 6.07) is 0.887. The standard InChI is InChI=1S/C17H18F3N3O5S/c1-8-7-10(17(18,19)20)22-23(8)6-5-11(24)21-14-12(15(25)27-3)9(2)13(29-14)16(26)28-4/h7H,5-6H2,1-4H3,(H,21,24). The van der Waals surface area contributed by atoms with Crippen molar-refractivity contribution in [3.8, 4) is 0 Å². The van der Waals surface area contributed by atoms with Crippen LogP contribution in [0.25, 0.3) is 0 Å². The number of anilines is 1. The van der Waals surface area contributed by atoms with Gasteiger partial charge in [-0.15, -0.1) is 11.3 Å². The van der Waals surface area contributed by atoms with Gasteiger partial charge in [-0.1, -0.05) is 0 Å². The fraction of sp³-hybridized carbons (Fsp3) is 0.412. The van der Waals surface area contributed by atoms with Gasteiger partial charge in [-0.2, -0.15) is 18.3 Å². The number of rotatable bonds is 6. The summed E-state index contributed by atoms with van der Waals surface area (Å²) >= 11 is 0.845. The minimum atomic E-state index is -4.58. The van der Waals surface area contributed by atoms with Gasteiger partial charge in [0.05, 0.1) is 19.8 Å². The summed E-state index contributed by atoms with van der Waals surface area (Å²) in [7, 11) is 2.33. The first-order valence-corrected chi connectivity index (χ1v) is 9.02. The molecule has 12 heteroatoms. The topological polar surface area (TPSA) is 99.5 Å². The Morgan fingerprint density at radius 3 is 2.31 bits per heavy atom. The first-order chi connectivity index (χ1) is 13.5. The van der Waals surface area contributed by atoms with E-state index in [1.807, 2.05) is 0 Å². The van der Waals surface area contributed by atoms with Crippen LogP contribution >= 0.6 is 11.3 Å². The number of hydrogen-bond acceptors (Lipinski definition) is 7. The van der Waals surface area contributed by atoms with Crippen molar-refractivity contribution in [3.05, 3.63) is 33.5 Å². The number of alkyl halides is 3. The summed E-state index contributed by atoms with van der Waals surface area (Å²) in [5.74, 6) is -2.00. The number of aryl methyl sites for hydroxylation is 2. The Kier molecular flexibility index (Phi) is 6.67. The quantitative estimate of drug-likeness (QED) is 0.703. The molecule has 0 saturated carbocycles. The predicted molar refractivity (Wildman–Crippen MR) is 96.9 cm³/mol. The fourth-order valence-corrected chi connectivity index (χ4v) is 3.64. The molecule has 1 N–H and O–H groups in total. The molecule has 1 amide bonds. The first-order valence-electron chi connectivity index (χ1n) is 8.21. The number of methoxy groups -OCH3 is 2. The molecule has 0 unspecified atom stereocenters. The number of aromatic nitrogens is 2. The van der Waals surface area contributed by atoms with Crippen molar-refractivity contribution in [2.75, 3.05) is 19.5 Å². The number of carbonyl (C=O) groups is 3. The summed E-state index contributed by atoms with van der Waals surface area (Å²) in [6.45, 7) is 2.85. The lowest BCUT2D eigenvalue weighted by atomic mass is 10.1. The molecule has 158 valence electrons. The zero-order valence-electron chi connectivity index (χ0n) is 16.0. The highest BCUT2D eigenvalue weighted by molar-refractivity contribution is 7.18. The molecule has 0 aliphatic rings. The summed E-state index contributed by atoms with van der Waals surface area (Å²) < 4.78 is 48.6. The van der Waals surface area contributed by atoms with Crippen molar-refractivity contribution in [3.63, 3.8) is 0 Å². The van der Waals surface area contributed by atoms with E-state index >= 15 is 0 Å². The Hall–Kier alpha value is -2.89. The average Bonchev–Trinajstić information content (AvgIpc) is 3.18. The van der Waals surface area contributed by atoms with Crippen molar-refractivity contribution >= 4 is 34.2 Å². The molecule has 0 radical (unpaired) electrons. The zero-order chi connectivity index (χ0) is 21.9. The van der Waals surface area contributed by atoms with E-state index in [9.17, 15) is 27.6 Å². The van der Waals surface area contributed by atoms with Gasteiger partial charge in [0, 0.05) is 18.7 Å². The molecule has 29 heavy (non-hydrogen) atoms. The van der Waals surface area contributed by atoms with Crippen LogP contribution in [0, 0.1) is 13.8 Å². The van der Waals surface area contributed by atoms with Gasteiger partial charge >= 0.3 is 18.1 Å². The minimum Gasteiger partial charge on any atom is -0.465 e. The lowest BCUT2D eigenvalue weighted by molar-refractivity contribution is -0.141. The molecule has 0 atom stereocenters. The predicted octanol–water partition coefficient (Wildman–Crippen LogP) is 3.18. The molecular formula is C17H18F3N3O5S. The summed E-state index contributed by atoms with van der Waals surface area (Å²) in [5, 5.41) is 6.04. The summed E-state index contributed by atoms with van der Waals surface area (Å²) in [5.41, 5.74) is -0.483. The third-order valence-electron chi connectivity index (χ3n) is 3.98. The SMILES string of the molecule is COC(=O)c1sc(NC(=O)CCn2nc(C(F)(F)F)cc2C)c(C(=O)OC)c1C. The van der Waals surface area contributed by atoms with Crippen LogP contribution in [0.15, 0.2) is 6.07 Å². The van der Waals surface area contributed by atoms with Gasteiger partial charge in [0.25, 0.3) is 0 Å². The molecular weight excluding hydrogens is 415 g/mol. The maximum Gasteiger partial charge on any atom is 0.435 e. The largest absolute Gasteiger partial charge is 0.465 e. The molecule has 0 bridgehead atoms. The molecule has 2 aromatic heterocycles. The normalized spacial score (nSPS) is 11.3. The van der Waals surface area contributed by atoms with Crippen molar-refractivity contribution in [2.45, 2.75) is 33.0 Å². The Morgan fingerprint density at radius 2 is 1.79 bits per heavy atom. The van der Waals surface area contributed by atoms with Gasteiger partial charge in [-0.05, 0) is 25.5 Å². The molecule has 2 heterocycles. The van der Waals surface area contributed by atoms with Crippen molar-refractivity contribution in [1.82, 2.24) is 9.78 Å². The van der Waals surface area contributed by atoms with Crippen molar-refractivity contribution in [1.29, 1.82) is 0 Å². The monoisotopic (exact) mass is 433 g/mol. The maximum atomic E-state index is 12.7. The second kappa shape index (κ2) is 8.64. The van der Waals surface area contributed by atoms with Gasteiger partial charge < -0.3 is 14.8 Å². The van der Waals surface area contributed by atoms with E-state index in [-0.39, 0.29) is 34.1 Å². The van der Waals surface area contributed by atoms with Gasteiger partial charge in [0.15, 0.2) is 5.69 Å². The number of nitrogens with one attached hydrogen (secondary N) is 1. The molecule has 0 aromatic carbocycles. The molecule has 0 aliphatic carbocycles. The van der Waals surface area contributed by atoms with Crippen molar-refractivity contribution in [2.24, 2.45) is 0 Å². The second-order valence-electron chi connectivity index (χ2n) is 5.93. The first kappa shape index (κ1) is 22.4. The van der Waals surface area contributed by atoms with Gasteiger partial charge in [-0.3, -0.25) is 9.48 Å². The number of amides is 1. The van der Waals surface area contributed by atoms with Crippen LogP contribution in [-0.2, 0) is 27.0 Å². The van der Waals surface area contributed by atoms with E-state index in [1.165, 1.54) is 21.0 Å². The number of nitrogens with zero attached hydrogens (tertiary/aromatic N) is 2. The number of hydrogen-bond donors (Lipinski definition) is 1. The highest BCUT2D eigenvalue weighted by Crippen LogP contribution is 2.34. The Bertz CT molecular complexity index is 949. The fourth-order valence-electron chi connectivity index (χ4n) is 2.51. The van der Waals surface area contributed by atoms with Crippen LogP contribution in [-0.4, -0.2) is 41.8 Å². The highest BCUT2D eigenvalue weighted by atomic mass is 32.1. The number of carbonyl (C=O) groups excluding carboxylic acids is 3. The van der Waals surface area contributed by atoms with Gasteiger partial charge in [0.2, 0.25) is 5.91 Å². The molecule has 0 spiro atoms. The summed E-state index contributed by atoms with van der Waals surface area (Å²) in [4.78, 5) is 36.3. The van der Waals surface area contributed by atoms with E-state index < -0.39 is 29.7 Å². The van der Waals surface area contributed by atoms with Crippen LogP contribution in [0.5, 0.6) is 0 Å². The lowest BCUT2D eigenvalue weighted by Crippen LogP contribution is -2.17. The maximum absolute atomic E-state index is 12.7. The third kappa shape index (κ3) is 4.94.